The molecule has 0 spiro atoms. The number of anilines is 2. The topological polar surface area (TPSA) is 78.0 Å². The van der Waals surface area contributed by atoms with Crippen LogP contribution in [0, 0.1) is 5.41 Å². The minimum Gasteiger partial charge on any atom is -0.390 e. The van der Waals surface area contributed by atoms with Crippen molar-refractivity contribution in [3.63, 3.8) is 0 Å². The van der Waals surface area contributed by atoms with Crippen LogP contribution in [0.5, 0.6) is 0 Å². The van der Waals surface area contributed by atoms with Gasteiger partial charge >= 0.3 is 0 Å². The lowest BCUT2D eigenvalue weighted by molar-refractivity contribution is 0.0912. The molecule has 2 aromatic heterocycles. The molecule has 5 heteroatoms. The number of pyridine rings is 1. The van der Waals surface area contributed by atoms with Gasteiger partial charge < -0.3 is 15.4 Å². The van der Waals surface area contributed by atoms with Gasteiger partial charge in [0.25, 0.3) is 0 Å². The Morgan fingerprint density at radius 1 is 1.19 bits per heavy atom. The first-order valence-corrected chi connectivity index (χ1v) is 9.13. The Bertz CT molecular complexity index is 990. The molecule has 138 valence electrons. The number of fused-ring (bicyclic) bond motifs is 1. The smallest absolute Gasteiger partial charge is 0.167 e. The van der Waals surface area contributed by atoms with Crippen LogP contribution in [-0.4, -0.2) is 20.9 Å². The Morgan fingerprint density at radius 3 is 2.70 bits per heavy atom. The number of hydrogen-bond acceptors (Lipinski definition) is 4. The van der Waals surface area contributed by atoms with Gasteiger partial charge in [-0.15, -0.1) is 0 Å². The Labute approximate surface area is 158 Å². The summed E-state index contributed by atoms with van der Waals surface area (Å²) in [5.41, 5.74) is 5.71. The molecule has 1 aliphatic carbocycles. The van der Waals surface area contributed by atoms with Crippen molar-refractivity contribution in [1.82, 2.24) is 9.97 Å². The van der Waals surface area contributed by atoms with E-state index in [1.807, 2.05) is 42.5 Å². The third kappa shape index (κ3) is 3.38. The number of aliphatic hydroxyl groups excluding tert-OH is 1. The maximum Gasteiger partial charge on any atom is 0.167 e. The summed E-state index contributed by atoms with van der Waals surface area (Å²) < 4.78 is 0. The average Bonchev–Trinajstić information content (AvgIpc) is 2.99. The van der Waals surface area contributed by atoms with E-state index in [4.69, 9.17) is 0 Å². The van der Waals surface area contributed by atoms with E-state index in [-0.39, 0.29) is 17.8 Å². The van der Waals surface area contributed by atoms with Gasteiger partial charge in [-0.2, -0.15) is 0 Å². The normalized spacial score (nSPS) is 15.4. The van der Waals surface area contributed by atoms with Crippen LogP contribution in [0.4, 0.5) is 11.4 Å². The molecule has 27 heavy (non-hydrogen) atoms. The second-order valence-corrected chi connectivity index (χ2v) is 7.85. The third-order valence-electron chi connectivity index (χ3n) is 4.96. The first-order chi connectivity index (χ1) is 13.0. The maximum atomic E-state index is 13.0. The highest BCUT2D eigenvalue weighted by Crippen LogP contribution is 2.43. The molecule has 0 fully saturated rings. The Kier molecular flexibility index (Phi) is 4.32. The number of aromatic nitrogens is 2. The lowest BCUT2D eigenvalue weighted by atomic mass is 9.76. The molecule has 0 saturated carbocycles. The number of Topliss-reactive ketones (excluding diaryl/α,β-unsaturated/α-hetero) is 1. The van der Waals surface area contributed by atoms with Gasteiger partial charge in [-0.1, -0.05) is 32.0 Å². The molecular weight excluding hydrogens is 338 g/mol. The molecule has 0 unspecified atom stereocenters. The van der Waals surface area contributed by atoms with E-state index < -0.39 is 0 Å². The quantitative estimate of drug-likeness (QED) is 0.641. The summed E-state index contributed by atoms with van der Waals surface area (Å²) in [5.74, 6) is 0.151. The number of aromatic amines is 1. The summed E-state index contributed by atoms with van der Waals surface area (Å²) in [6.07, 6.45) is 3.02. The number of nitrogens with zero attached hydrogens (tertiary/aromatic N) is 1. The summed E-state index contributed by atoms with van der Waals surface area (Å²) in [5, 5.41) is 12.9. The van der Waals surface area contributed by atoms with Crippen LogP contribution in [0.1, 0.15) is 42.0 Å². The van der Waals surface area contributed by atoms with Crippen molar-refractivity contribution in [2.75, 3.05) is 5.32 Å². The molecule has 3 aromatic rings. The molecule has 4 rings (SSSR count). The van der Waals surface area contributed by atoms with Crippen molar-refractivity contribution in [3.8, 4) is 11.3 Å². The summed E-state index contributed by atoms with van der Waals surface area (Å²) >= 11 is 0. The van der Waals surface area contributed by atoms with Gasteiger partial charge in [0.1, 0.15) is 0 Å². The van der Waals surface area contributed by atoms with Crippen molar-refractivity contribution < 1.29 is 9.90 Å². The zero-order valence-electron chi connectivity index (χ0n) is 15.5. The van der Waals surface area contributed by atoms with Gasteiger partial charge in [0.2, 0.25) is 0 Å². The minimum atomic E-state index is -0.123. The van der Waals surface area contributed by atoms with Gasteiger partial charge in [0, 0.05) is 29.6 Å². The average molecular weight is 361 g/mol. The van der Waals surface area contributed by atoms with Crippen molar-refractivity contribution in [1.29, 1.82) is 0 Å². The molecule has 3 N–H and O–H groups in total. The van der Waals surface area contributed by atoms with Gasteiger partial charge in [0.15, 0.2) is 5.78 Å². The standard InChI is InChI=1S/C22H23N3O2/c1-22(2)11-17-19(18(27)12-22)21(24-15-6-4-3-5-7-15)20(25-17)14-8-9-23-16(10-14)13-26/h3-10,24-26H,11-13H2,1-2H3. The molecule has 0 saturated heterocycles. The lowest BCUT2D eigenvalue weighted by Crippen LogP contribution is -2.26. The number of H-pyrrole nitrogens is 1. The lowest BCUT2D eigenvalue weighted by Gasteiger charge is -2.28. The molecule has 2 heterocycles. The summed E-state index contributed by atoms with van der Waals surface area (Å²) in [4.78, 5) is 20.6. The molecule has 5 nitrogen and oxygen atoms in total. The first-order valence-electron chi connectivity index (χ1n) is 9.13. The largest absolute Gasteiger partial charge is 0.390 e. The Hall–Kier alpha value is -2.92. The van der Waals surface area contributed by atoms with Crippen LogP contribution in [0.3, 0.4) is 0 Å². The first kappa shape index (κ1) is 17.5. The van der Waals surface area contributed by atoms with Crippen molar-refractivity contribution >= 4 is 17.2 Å². The van der Waals surface area contributed by atoms with Crippen molar-refractivity contribution in [3.05, 3.63) is 65.6 Å². The summed E-state index contributed by atoms with van der Waals surface area (Å²) in [7, 11) is 0. The van der Waals surface area contributed by atoms with Crippen molar-refractivity contribution in [2.24, 2.45) is 5.41 Å². The summed E-state index contributed by atoms with van der Waals surface area (Å²) in [6.45, 7) is 4.12. The van der Waals surface area contributed by atoms with Gasteiger partial charge in [0.05, 0.1) is 29.2 Å². The zero-order chi connectivity index (χ0) is 19.0. The highest BCUT2D eigenvalue weighted by atomic mass is 16.3. The van der Waals surface area contributed by atoms with E-state index in [1.165, 1.54) is 0 Å². The molecule has 0 aliphatic heterocycles. The van der Waals surface area contributed by atoms with Crippen LogP contribution in [-0.2, 0) is 13.0 Å². The molecule has 0 bridgehead atoms. The molecule has 1 aliphatic rings. The fourth-order valence-corrected chi connectivity index (χ4v) is 3.78. The van der Waals surface area contributed by atoms with Crippen LogP contribution in [0.2, 0.25) is 0 Å². The SMILES string of the molecule is CC1(C)CC(=O)c2c([nH]c(-c3ccnc(CO)c3)c2Nc2ccccc2)C1. The number of aliphatic hydroxyl groups is 1. The molecule has 1 aromatic carbocycles. The van der Waals surface area contributed by atoms with Crippen LogP contribution >= 0.6 is 0 Å². The van der Waals surface area contributed by atoms with Gasteiger partial charge in [-0.3, -0.25) is 9.78 Å². The monoisotopic (exact) mass is 361 g/mol. The predicted octanol–water partition coefficient (Wildman–Crippen LogP) is 4.47. The van der Waals surface area contributed by atoms with E-state index in [0.717, 1.165) is 40.3 Å². The molecule has 0 amide bonds. The minimum absolute atomic E-state index is 0.0648. The molecule has 0 atom stereocenters. The second kappa shape index (κ2) is 6.67. The Morgan fingerprint density at radius 2 is 1.96 bits per heavy atom. The van der Waals surface area contributed by atoms with Crippen LogP contribution in [0.25, 0.3) is 11.3 Å². The summed E-state index contributed by atoms with van der Waals surface area (Å²) in [6, 6.07) is 13.6. The number of benzene rings is 1. The highest BCUT2D eigenvalue weighted by molar-refractivity contribution is 6.07. The van der Waals surface area contributed by atoms with E-state index in [1.54, 1.807) is 6.20 Å². The predicted molar refractivity (Wildman–Crippen MR) is 106 cm³/mol. The van der Waals surface area contributed by atoms with Gasteiger partial charge in [-0.25, -0.2) is 0 Å². The highest BCUT2D eigenvalue weighted by Gasteiger charge is 2.35. The number of hydrogen-bond donors (Lipinski definition) is 3. The van der Waals surface area contributed by atoms with Crippen molar-refractivity contribution in [2.45, 2.75) is 33.3 Å². The number of carbonyl (C=O) groups excluding carboxylic acids is 1. The van der Waals surface area contributed by atoms with E-state index >= 15 is 0 Å². The third-order valence-corrected chi connectivity index (χ3v) is 4.96. The molecule has 0 radical (unpaired) electrons. The van der Waals surface area contributed by atoms with Crippen LogP contribution in [0.15, 0.2) is 48.7 Å². The van der Waals surface area contributed by atoms with E-state index in [9.17, 15) is 9.90 Å². The number of rotatable bonds is 4. The number of carbonyl (C=O) groups is 1. The van der Waals surface area contributed by atoms with Crippen LogP contribution < -0.4 is 5.32 Å². The number of para-hydroxylation sites is 1. The second-order valence-electron chi connectivity index (χ2n) is 7.85. The zero-order valence-corrected chi connectivity index (χ0v) is 15.5. The fraction of sp³-hybridized carbons (Fsp3) is 0.273. The fourth-order valence-electron chi connectivity index (χ4n) is 3.78. The number of nitrogens with one attached hydrogen (secondary N) is 2. The van der Waals surface area contributed by atoms with Gasteiger partial charge in [-0.05, 0) is 36.1 Å². The Balaban J connectivity index is 1.88. The molecular formula is C22H23N3O2. The maximum absolute atomic E-state index is 13.0. The van der Waals surface area contributed by atoms with E-state index in [0.29, 0.717) is 12.1 Å². The number of ketones is 1. The van der Waals surface area contributed by atoms with E-state index in [2.05, 4.69) is 29.1 Å².